The summed E-state index contributed by atoms with van der Waals surface area (Å²) in [5, 5.41) is 2.90. The van der Waals surface area contributed by atoms with Gasteiger partial charge in [0.1, 0.15) is 5.75 Å². The van der Waals surface area contributed by atoms with Crippen molar-refractivity contribution in [3.63, 3.8) is 0 Å². The van der Waals surface area contributed by atoms with E-state index in [1.165, 1.54) is 6.92 Å². The third-order valence-electron chi connectivity index (χ3n) is 3.46. The Hall–Kier alpha value is -1.88. The van der Waals surface area contributed by atoms with E-state index in [9.17, 15) is 9.59 Å². The molecule has 0 saturated carbocycles. The fourth-order valence-electron chi connectivity index (χ4n) is 2.06. The first-order chi connectivity index (χ1) is 10.5. The number of ketones is 1. The SMILES string of the molecule is CCCCC(CN)NC(=O)C(C)Oc1cccc(C(C)=O)c1. The van der Waals surface area contributed by atoms with Gasteiger partial charge in [0.25, 0.3) is 5.91 Å². The number of nitrogens with two attached hydrogens (primary N) is 1. The molecule has 0 aliphatic rings. The van der Waals surface area contributed by atoms with Gasteiger partial charge in [-0.25, -0.2) is 0 Å². The Balaban J connectivity index is 2.59. The van der Waals surface area contributed by atoms with E-state index < -0.39 is 6.10 Å². The molecule has 1 aromatic carbocycles. The van der Waals surface area contributed by atoms with Crippen LogP contribution in [0.25, 0.3) is 0 Å². The molecule has 0 aliphatic heterocycles. The first-order valence-electron chi connectivity index (χ1n) is 7.76. The summed E-state index contributed by atoms with van der Waals surface area (Å²) >= 11 is 0. The fourth-order valence-corrected chi connectivity index (χ4v) is 2.06. The molecule has 22 heavy (non-hydrogen) atoms. The predicted molar refractivity (Wildman–Crippen MR) is 87.0 cm³/mol. The molecule has 5 nitrogen and oxygen atoms in total. The van der Waals surface area contributed by atoms with Gasteiger partial charge in [0.05, 0.1) is 0 Å². The van der Waals surface area contributed by atoms with E-state index in [2.05, 4.69) is 12.2 Å². The third kappa shape index (κ3) is 5.85. The summed E-state index contributed by atoms with van der Waals surface area (Å²) in [5.74, 6) is 0.276. The van der Waals surface area contributed by atoms with E-state index in [-0.39, 0.29) is 17.7 Å². The molecule has 2 unspecified atom stereocenters. The molecule has 3 N–H and O–H groups in total. The Kier molecular flexibility index (Phi) is 7.60. The second-order valence-corrected chi connectivity index (χ2v) is 5.43. The number of carbonyl (C=O) groups is 2. The zero-order valence-corrected chi connectivity index (χ0v) is 13.6. The molecule has 0 heterocycles. The summed E-state index contributed by atoms with van der Waals surface area (Å²) in [7, 11) is 0. The molecule has 1 amide bonds. The minimum atomic E-state index is -0.641. The Morgan fingerprint density at radius 3 is 2.68 bits per heavy atom. The van der Waals surface area contributed by atoms with Gasteiger partial charge in [-0.1, -0.05) is 31.9 Å². The van der Waals surface area contributed by atoms with Gasteiger partial charge in [0, 0.05) is 18.2 Å². The average Bonchev–Trinajstić information content (AvgIpc) is 2.51. The van der Waals surface area contributed by atoms with Crippen molar-refractivity contribution in [1.82, 2.24) is 5.32 Å². The molecule has 2 atom stereocenters. The Labute approximate surface area is 132 Å². The zero-order valence-electron chi connectivity index (χ0n) is 13.6. The van der Waals surface area contributed by atoms with Gasteiger partial charge in [-0.15, -0.1) is 0 Å². The summed E-state index contributed by atoms with van der Waals surface area (Å²) in [5.41, 5.74) is 6.24. The Morgan fingerprint density at radius 2 is 2.09 bits per heavy atom. The van der Waals surface area contributed by atoms with Gasteiger partial charge in [0.15, 0.2) is 11.9 Å². The molecule has 0 bridgehead atoms. The number of rotatable bonds is 9. The predicted octanol–water partition coefficient (Wildman–Crippen LogP) is 2.29. The third-order valence-corrected chi connectivity index (χ3v) is 3.46. The number of nitrogens with one attached hydrogen (secondary N) is 1. The summed E-state index contributed by atoms with van der Waals surface area (Å²) < 4.78 is 5.61. The van der Waals surface area contributed by atoms with E-state index in [4.69, 9.17) is 10.5 Å². The smallest absolute Gasteiger partial charge is 0.261 e. The largest absolute Gasteiger partial charge is 0.481 e. The molecular weight excluding hydrogens is 280 g/mol. The standard InChI is InChI=1S/C17H26N2O3/c1-4-5-8-15(11-18)19-17(21)13(3)22-16-9-6-7-14(10-16)12(2)20/h6-7,9-10,13,15H,4-5,8,11,18H2,1-3H3,(H,19,21). The van der Waals surface area contributed by atoms with Crippen LogP contribution in [0.3, 0.4) is 0 Å². The van der Waals surface area contributed by atoms with Crippen LogP contribution in [0.2, 0.25) is 0 Å². The lowest BCUT2D eigenvalue weighted by molar-refractivity contribution is -0.128. The summed E-state index contributed by atoms with van der Waals surface area (Å²) in [6.07, 6.45) is 2.32. The van der Waals surface area contributed by atoms with Gasteiger partial charge in [-0.3, -0.25) is 9.59 Å². The highest BCUT2D eigenvalue weighted by Crippen LogP contribution is 2.15. The van der Waals surface area contributed by atoms with Crippen LogP contribution in [-0.2, 0) is 4.79 Å². The van der Waals surface area contributed by atoms with Gasteiger partial charge in [0.2, 0.25) is 0 Å². The quantitative estimate of drug-likeness (QED) is 0.686. The molecule has 5 heteroatoms. The van der Waals surface area contributed by atoms with E-state index in [1.54, 1.807) is 31.2 Å². The molecule has 1 rings (SSSR count). The number of unbranched alkanes of at least 4 members (excludes halogenated alkanes) is 1. The summed E-state index contributed by atoms with van der Waals surface area (Å²) in [4.78, 5) is 23.5. The normalized spacial score (nSPS) is 13.3. The highest BCUT2D eigenvalue weighted by atomic mass is 16.5. The van der Waals surface area contributed by atoms with Crippen LogP contribution in [-0.4, -0.2) is 30.4 Å². The van der Waals surface area contributed by atoms with Crippen LogP contribution in [0.5, 0.6) is 5.75 Å². The second-order valence-electron chi connectivity index (χ2n) is 5.43. The number of amides is 1. The molecule has 1 aromatic rings. The van der Waals surface area contributed by atoms with Crippen molar-refractivity contribution >= 4 is 11.7 Å². The number of ether oxygens (including phenoxy) is 1. The van der Waals surface area contributed by atoms with Gasteiger partial charge < -0.3 is 15.8 Å². The van der Waals surface area contributed by atoms with Crippen molar-refractivity contribution in [2.24, 2.45) is 5.73 Å². The van der Waals surface area contributed by atoms with Crippen molar-refractivity contribution in [2.45, 2.75) is 52.2 Å². The van der Waals surface area contributed by atoms with E-state index >= 15 is 0 Å². The van der Waals surface area contributed by atoms with E-state index in [0.717, 1.165) is 19.3 Å². The van der Waals surface area contributed by atoms with Crippen molar-refractivity contribution in [2.75, 3.05) is 6.54 Å². The number of benzene rings is 1. The van der Waals surface area contributed by atoms with Gasteiger partial charge in [-0.05, 0) is 32.4 Å². The lowest BCUT2D eigenvalue weighted by atomic mass is 10.1. The lowest BCUT2D eigenvalue weighted by Crippen LogP contribution is -2.45. The van der Waals surface area contributed by atoms with Crippen LogP contribution in [0.1, 0.15) is 50.4 Å². The summed E-state index contributed by atoms with van der Waals surface area (Å²) in [6, 6.07) is 6.80. The lowest BCUT2D eigenvalue weighted by Gasteiger charge is -2.20. The van der Waals surface area contributed by atoms with Crippen molar-refractivity contribution in [3.05, 3.63) is 29.8 Å². The number of hydrogen-bond acceptors (Lipinski definition) is 4. The highest BCUT2D eigenvalue weighted by Gasteiger charge is 2.18. The fraction of sp³-hybridized carbons (Fsp3) is 0.529. The van der Waals surface area contributed by atoms with Gasteiger partial charge >= 0.3 is 0 Å². The van der Waals surface area contributed by atoms with Crippen LogP contribution >= 0.6 is 0 Å². The van der Waals surface area contributed by atoms with E-state index in [1.807, 2.05) is 0 Å². The molecule has 0 fully saturated rings. The number of hydrogen-bond donors (Lipinski definition) is 2. The first kappa shape index (κ1) is 18.2. The van der Waals surface area contributed by atoms with Gasteiger partial charge in [-0.2, -0.15) is 0 Å². The molecule has 122 valence electrons. The minimum absolute atomic E-state index is 0.0259. The maximum atomic E-state index is 12.1. The Morgan fingerprint density at radius 1 is 1.36 bits per heavy atom. The molecule has 0 spiro atoms. The van der Waals surface area contributed by atoms with Crippen molar-refractivity contribution in [1.29, 1.82) is 0 Å². The number of Topliss-reactive ketones (excluding diaryl/α,β-unsaturated/α-hetero) is 1. The number of carbonyl (C=O) groups excluding carboxylic acids is 2. The molecule has 0 aromatic heterocycles. The maximum Gasteiger partial charge on any atom is 0.261 e. The minimum Gasteiger partial charge on any atom is -0.481 e. The monoisotopic (exact) mass is 306 g/mol. The second kappa shape index (κ2) is 9.20. The molecular formula is C17H26N2O3. The van der Waals surface area contributed by atoms with Crippen LogP contribution in [0, 0.1) is 0 Å². The van der Waals surface area contributed by atoms with Crippen molar-refractivity contribution in [3.8, 4) is 5.75 Å². The van der Waals surface area contributed by atoms with Crippen LogP contribution in [0.4, 0.5) is 0 Å². The topological polar surface area (TPSA) is 81.4 Å². The summed E-state index contributed by atoms with van der Waals surface area (Å²) in [6.45, 7) is 5.69. The molecule has 0 radical (unpaired) electrons. The molecule has 0 aliphatic carbocycles. The zero-order chi connectivity index (χ0) is 16.5. The van der Waals surface area contributed by atoms with Crippen molar-refractivity contribution < 1.29 is 14.3 Å². The molecule has 0 saturated heterocycles. The average molecular weight is 306 g/mol. The van der Waals surface area contributed by atoms with Crippen LogP contribution < -0.4 is 15.8 Å². The highest BCUT2D eigenvalue weighted by molar-refractivity contribution is 5.94. The van der Waals surface area contributed by atoms with E-state index in [0.29, 0.717) is 17.9 Å². The van der Waals surface area contributed by atoms with Crippen LogP contribution in [0.15, 0.2) is 24.3 Å². The maximum absolute atomic E-state index is 12.1. The Bertz CT molecular complexity index is 502. The first-order valence-corrected chi connectivity index (χ1v) is 7.76.